The van der Waals surface area contributed by atoms with Crippen LogP contribution in [0.3, 0.4) is 0 Å². The second-order valence-corrected chi connectivity index (χ2v) is 4.41. The molecular formula is C11H18BrN3. The molecule has 0 aromatic carbocycles. The molecule has 3 nitrogen and oxygen atoms in total. The Kier molecular flexibility index (Phi) is 5.05. The van der Waals surface area contributed by atoms with Crippen LogP contribution in [0.2, 0.25) is 0 Å². The summed E-state index contributed by atoms with van der Waals surface area (Å²) in [6, 6.07) is 4.07. The molecule has 0 aliphatic rings. The first kappa shape index (κ1) is 12.5. The van der Waals surface area contributed by atoms with Crippen LogP contribution in [-0.2, 0) is 5.33 Å². The molecule has 1 heterocycles. The SMILES string of the molecule is CN(C)CCN(C)c1ncccc1CBr. The molecule has 0 bridgehead atoms. The molecule has 15 heavy (non-hydrogen) atoms. The molecule has 0 radical (unpaired) electrons. The fraction of sp³-hybridized carbons (Fsp3) is 0.545. The minimum atomic E-state index is 0.850. The lowest BCUT2D eigenvalue weighted by molar-refractivity contribution is 0.416. The van der Waals surface area contributed by atoms with Crippen LogP contribution in [0.4, 0.5) is 5.82 Å². The van der Waals surface area contributed by atoms with E-state index in [2.05, 4.69) is 57.9 Å². The molecule has 1 aromatic heterocycles. The summed E-state index contributed by atoms with van der Waals surface area (Å²) in [5.41, 5.74) is 1.23. The quantitative estimate of drug-likeness (QED) is 0.764. The van der Waals surface area contributed by atoms with Crippen LogP contribution < -0.4 is 4.90 Å². The fourth-order valence-corrected chi connectivity index (χ4v) is 1.77. The maximum absolute atomic E-state index is 4.40. The van der Waals surface area contributed by atoms with Gasteiger partial charge in [-0.25, -0.2) is 4.98 Å². The van der Waals surface area contributed by atoms with Crippen LogP contribution in [-0.4, -0.2) is 44.1 Å². The van der Waals surface area contributed by atoms with Crippen molar-refractivity contribution in [2.75, 3.05) is 39.1 Å². The number of rotatable bonds is 5. The smallest absolute Gasteiger partial charge is 0.132 e. The van der Waals surface area contributed by atoms with E-state index in [1.165, 1.54) is 5.56 Å². The van der Waals surface area contributed by atoms with Crippen molar-refractivity contribution >= 4 is 21.7 Å². The van der Waals surface area contributed by atoms with Gasteiger partial charge in [0.1, 0.15) is 5.82 Å². The Hall–Kier alpha value is -0.610. The molecule has 0 aliphatic carbocycles. The number of aromatic nitrogens is 1. The Morgan fingerprint density at radius 3 is 2.60 bits per heavy atom. The van der Waals surface area contributed by atoms with Crippen LogP contribution >= 0.6 is 15.9 Å². The van der Waals surface area contributed by atoms with Gasteiger partial charge in [-0.1, -0.05) is 22.0 Å². The lowest BCUT2D eigenvalue weighted by atomic mass is 10.3. The van der Waals surface area contributed by atoms with Crippen LogP contribution in [0.1, 0.15) is 5.56 Å². The highest BCUT2D eigenvalue weighted by Crippen LogP contribution is 2.17. The van der Waals surface area contributed by atoms with Crippen molar-refractivity contribution in [3.63, 3.8) is 0 Å². The number of anilines is 1. The standard InChI is InChI=1S/C11H18BrN3/c1-14(2)7-8-15(3)11-10(9-12)5-4-6-13-11/h4-6H,7-9H2,1-3H3. The van der Waals surface area contributed by atoms with Crippen molar-refractivity contribution in [3.05, 3.63) is 23.9 Å². The zero-order valence-electron chi connectivity index (χ0n) is 9.57. The predicted molar refractivity (Wildman–Crippen MR) is 68.7 cm³/mol. The molecule has 0 spiro atoms. The van der Waals surface area contributed by atoms with Gasteiger partial charge in [-0.15, -0.1) is 0 Å². The third kappa shape index (κ3) is 3.80. The fourth-order valence-electron chi connectivity index (χ4n) is 1.33. The molecule has 0 amide bonds. The summed E-state index contributed by atoms with van der Waals surface area (Å²) >= 11 is 3.48. The van der Waals surface area contributed by atoms with E-state index in [9.17, 15) is 0 Å². The highest BCUT2D eigenvalue weighted by Gasteiger charge is 2.07. The second kappa shape index (κ2) is 6.08. The number of likely N-dealkylation sites (N-methyl/N-ethyl adjacent to an activating group) is 2. The average molecular weight is 272 g/mol. The van der Waals surface area contributed by atoms with Crippen LogP contribution in [0.25, 0.3) is 0 Å². The van der Waals surface area contributed by atoms with Crippen molar-refractivity contribution in [1.82, 2.24) is 9.88 Å². The number of pyridine rings is 1. The van der Waals surface area contributed by atoms with Crippen LogP contribution in [0.15, 0.2) is 18.3 Å². The van der Waals surface area contributed by atoms with Gasteiger partial charge in [-0.3, -0.25) is 0 Å². The van der Waals surface area contributed by atoms with Gasteiger partial charge in [0.15, 0.2) is 0 Å². The van der Waals surface area contributed by atoms with E-state index in [0.29, 0.717) is 0 Å². The molecule has 1 rings (SSSR count). The highest BCUT2D eigenvalue weighted by molar-refractivity contribution is 9.08. The van der Waals surface area contributed by atoms with Gasteiger partial charge in [0.05, 0.1) is 0 Å². The monoisotopic (exact) mass is 271 g/mol. The van der Waals surface area contributed by atoms with Crippen LogP contribution in [0.5, 0.6) is 0 Å². The molecule has 0 saturated carbocycles. The van der Waals surface area contributed by atoms with Crippen molar-refractivity contribution in [2.45, 2.75) is 5.33 Å². The zero-order chi connectivity index (χ0) is 11.3. The molecular weight excluding hydrogens is 254 g/mol. The number of hydrogen-bond donors (Lipinski definition) is 0. The topological polar surface area (TPSA) is 19.4 Å². The van der Waals surface area contributed by atoms with Gasteiger partial charge >= 0.3 is 0 Å². The van der Waals surface area contributed by atoms with E-state index >= 15 is 0 Å². The summed E-state index contributed by atoms with van der Waals surface area (Å²) < 4.78 is 0. The summed E-state index contributed by atoms with van der Waals surface area (Å²) in [5, 5.41) is 0.850. The number of halogens is 1. The molecule has 0 fully saturated rings. The first-order chi connectivity index (χ1) is 7.15. The predicted octanol–water partition coefficient (Wildman–Crippen LogP) is 1.97. The normalized spacial score (nSPS) is 10.7. The van der Waals surface area contributed by atoms with Gasteiger partial charge in [0.2, 0.25) is 0 Å². The van der Waals surface area contributed by atoms with Crippen molar-refractivity contribution in [3.8, 4) is 0 Å². The molecule has 0 aliphatic heterocycles. The third-order valence-corrected chi connectivity index (χ3v) is 2.86. The Balaban J connectivity index is 2.68. The Morgan fingerprint density at radius 1 is 1.27 bits per heavy atom. The largest absolute Gasteiger partial charge is 0.358 e. The van der Waals surface area contributed by atoms with Gasteiger partial charge < -0.3 is 9.80 Å². The van der Waals surface area contributed by atoms with Gasteiger partial charge in [-0.2, -0.15) is 0 Å². The average Bonchev–Trinajstić information content (AvgIpc) is 2.25. The molecule has 0 saturated heterocycles. The highest BCUT2D eigenvalue weighted by atomic mass is 79.9. The molecule has 0 atom stereocenters. The summed E-state index contributed by atoms with van der Waals surface area (Å²) in [4.78, 5) is 8.77. The summed E-state index contributed by atoms with van der Waals surface area (Å²) in [6.07, 6.45) is 1.84. The van der Waals surface area contributed by atoms with E-state index in [4.69, 9.17) is 0 Å². The maximum atomic E-state index is 4.40. The van der Waals surface area contributed by atoms with E-state index in [1.54, 1.807) is 0 Å². The number of nitrogens with zero attached hydrogens (tertiary/aromatic N) is 3. The summed E-state index contributed by atoms with van der Waals surface area (Å²) in [5.74, 6) is 1.07. The van der Waals surface area contributed by atoms with Gasteiger partial charge in [0.25, 0.3) is 0 Å². The number of alkyl halides is 1. The van der Waals surface area contributed by atoms with E-state index in [0.717, 1.165) is 24.2 Å². The summed E-state index contributed by atoms with van der Waals surface area (Å²) in [6.45, 7) is 2.03. The van der Waals surface area contributed by atoms with Gasteiger partial charge in [0, 0.05) is 37.2 Å². The Bertz CT molecular complexity index is 302. The lowest BCUT2D eigenvalue weighted by Crippen LogP contribution is -2.29. The van der Waals surface area contributed by atoms with E-state index < -0.39 is 0 Å². The van der Waals surface area contributed by atoms with Crippen molar-refractivity contribution < 1.29 is 0 Å². The lowest BCUT2D eigenvalue weighted by Gasteiger charge is -2.22. The second-order valence-electron chi connectivity index (χ2n) is 3.84. The zero-order valence-corrected chi connectivity index (χ0v) is 11.2. The molecule has 0 unspecified atom stereocenters. The van der Waals surface area contributed by atoms with E-state index in [1.807, 2.05) is 12.3 Å². The van der Waals surface area contributed by atoms with E-state index in [-0.39, 0.29) is 0 Å². The Labute approximate surface area is 100 Å². The van der Waals surface area contributed by atoms with Gasteiger partial charge in [-0.05, 0) is 20.2 Å². The van der Waals surface area contributed by atoms with Crippen molar-refractivity contribution in [1.29, 1.82) is 0 Å². The first-order valence-corrected chi connectivity index (χ1v) is 6.13. The van der Waals surface area contributed by atoms with Crippen LogP contribution in [0, 0.1) is 0 Å². The summed E-state index contributed by atoms with van der Waals surface area (Å²) in [7, 11) is 6.24. The molecule has 0 N–H and O–H groups in total. The van der Waals surface area contributed by atoms with Crippen molar-refractivity contribution in [2.24, 2.45) is 0 Å². The minimum Gasteiger partial charge on any atom is -0.358 e. The number of hydrogen-bond acceptors (Lipinski definition) is 3. The molecule has 84 valence electrons. The minimum absolute atomic E-state index is 0.850. The molecule has 1 aromatic rings. The first-order valence-electron chi connectivity index (χ1n) is 5.01. The maximum Gasteiger partial charge on any atom is 0.132 e. The molecule has 4 heteroatoms. The third-order valence-electron chi connectivity index (χ3n) is 2.26. The Morgan fingerprint density at radius 2 is 2.00 bits per heavy atom.